The zero-order valence-corrected chi connectivity index (χ0v) is 15.2. The lowest BCUT2D eigenvalue weighted by Gasteiger charge is -2.30. The Morgan fingerprint density at radius 2 is 2.00 bits per heavy atom. The van der Waals surface area contributed by atoms with Crippen molar-refractivity contribution in [1.29, 1.82) is 0 Å². The molecule has 3 rings (SSSR count). The van der Waals surface area contributed by atoms with Gasteiger partial charge in [0.05, 0.1) is 0 Å². The van der Waals surface area contributed by atoms with E-state index < -0.39 is 15.8 Å². The highest BCUT2D eigenvalue weighted by molar-refractivity contribution is 7.89. The van der Waals surface area contributed by atoms with Crippen molar-refractivity contribution in [3.63, 3.8) is 0 Å². The number of nitrogens with one attached hydrogen (secondary N) is 1. The number of rotatable bonds is 4. The van der Waals surface area contributed by atoms with Crippen LogP contribution in [0.2, 0.25) is 0 Å². The third kappa shape index (κ3) is 3.88. The van der Waals surface area contributed by atoms with E-state index in [1.165, 1.54) is 33.8 Å². The number of carbonyl (C=O) groups is 1. The lowest BCUT2D eigenvalue weighted by atomic mass is 9.97. The summed E-state index contributed by atoms with van der Waals surface area (Å²) in [5, 5.41) is 3.31. The standard InChI is InChI=1S/C16H18FN3O3S2/c1-11-10-18-16(24-11)19-15(21)12-6-8-20(9-7-12)25(22,23)14-5-3-2-4-13(14)17/h2-5,10,12H,6-9H2,1H3,(H,18,19,21). The Morgan fingerprint density at radius 1 is 1.32 bits per heavy atom. The van der Waals surface area contributed by atoms with Crippen LogP contribution in [0, 0.1) is 18.7 Å². The maximum absolute atomic E-state index is 13.8. The minimum Gasteiger partial charge on any atom is -0.302 e. The van der Waals surface area contributed by atoms with Gasteiger partial charge in [0.1, 0.15) is 10.7 Å². The van der Waals surface area contributed by atoms with Gasteiger partial charge in [-0.15, -0.1) is 11.3 Å². The molecule has 1 aliphatic rings. The molecule has 1 fully saturated rings. The Morgan fingerprint density at radius 3 is 2.60 bits per heavy atom. The Labute approximate surface area is 149 Å². The number of hydrogen-bond donors (Lipinski definition) is 1. The van der Waals surface area contributed by atoms with Crippen LogP contribution in [0.1, 0.15) is 17.7 Å². The van der Waals surface area contributed by atoms with Gasteiger partial charge in [0.15, 0.2) is 5.13 Å². The Bertz CT molecular complexity index is 874. The van der Waals surface area contributed by atoms with Gasteiger partial charge < -0.3 is 5.32 Å². The second-order valence-corrected chi connectivity index (χ2v) is 9.02. The maximum Gasteiger partial charge on any atom is 0.245 e. The summed E-state index contributed by atoms with van der Waals surface area (Å²) in [6, 6.07) is 5.33. The molecule has 1 aliphatic heterocycles. The molecule has 1 aromatic carbocycles. The third-order valence-corrected chi connectivity index (χ3v) is 6.89. The summed E-state index contributed by atoms with van der Waals surface area (Å²) in [6.45, 7) is 2.27. The smallest absolute Gasteiger partial charge is 0.245 e. The number of anilines is 1. The van der Waals surface area contributed by atoms with Gasteiger partial charge in [-0.05, 0) is 31.9 Å². The molecule has 25 heavy (non-hydrogen) atoms. The molecule has 9 heteroatoms. The highest BCUT2D eigenvalue weighted by atomic mass is 32.2. The number of aromatic nitrogens is 1. The molecule has 0 bridgehead atoms. The summed E-state index contributed by atoms with van der Waals surface area (Å²) >= 11 is 1.39. The van der Waals surface area contributed by atoms with Crippen molar-refractivity contribution >= 4 is 32.4 Å². The van der Waals surface area contributed by atoms with Crippen molar-refractivity contribution in [3.05, 3.63) is 41.2 Å². The van der Waals surface area contributed by atoms with E-state index in [9.17, 15) is 17.6 Å². The Kier molecular flexibility index (Phi) is 5.16. The van der Waals surface area contributed by atoms with Crippen molar-refractivity contribution in [2.24, 2.45) is 5.92 Å². The van der Waals surface area contributed by atoms with Gasteiger partial charge in [-0.2, -0.15) is 4.31 Å². The first-order valence-corrected chi connectivity index (χ1v) is 10.1. The average molecular weight is 383 g/mol. The molecule has 0 spiro atoms. The number of sulfonamides is 1. The van der Waals surface area contributed by atoms with Crippen LogP contribution in [-0.4, -0.2) is 36.7 Å². The molecular weight excluding hydrogens is 365 g/mol. The lowest BCUT2D eigenvalue weighted by molar-refractivity contribution is -0.120. The Hall–Kier alpha value is -1.84. The summed E-state index contributed by atoms with van der Waals surface area (Å²) in [5.41, 5.74) is 0. The first-order valence-electron chi connectivity index (χ1n) is 7.86. The van der Waals surface area contributed by atoms with E-state index in [-0.39, 0.29) is 29.8 Å². The van der Waals surface area contributed by atoms with E-state index in [1.54, 1.807) is 6.20 Å². The van der Waals surface area contributed by atoms with Gasteiger partial charge in [-0.3, -0.25) is 4.79 Å². The topological polar surface area (TPSA) is 79.4 Å². The zero-order valence-electron chi connectivity index (χ0n) is 13.6. The van der Waals surface area contributed by atoms with Crippen LogP contribution in [0.25, 0.3) is 0 Å². The number of nitrogens with zero attached hydrogens (tertiary/aromatic N) is 2. The normalized spacial score (nSPS) is 16.7. The molecule has 134 valence electrons. The fourth-order valence-electron chi connectivity index (χ4n) is 2.77. The van der Waals surface area contributed by atoms with Crippen molar-refractivity contribution in [3.8, 4) is 0 Å². The number of aryl methyl sites for hydroxylation is 1. The number of thiazole rings is 1. The summed E-state index contributed by atoms with van der Waals surface area (Å²) in [5.74, 6) is -1.20. The minimum atomic E-state index is -3.88. The van der Waals surface area contributed by atoms with E-state index >= 15 is 0 Å². The van der Waals surface area contributed by atoms with Crippen molar-refractivity contribution < 1.29 is 17.6 Å². The quantitative estimate of drug-likeness (QED) is 0.880. The second-order valence-electron chi connectivity index (χ2n) is 5.87. The van der Waals surface area contributed by atoms with E-state index in [4.69, 9.17) is 0 Å². The molecule has 0 saturated carbocycles. The van der Waals surface area contributed by atoms with Crippen molar-refractivity contribution in [1.82, 2.24) is 9.29 Å². The number of piperidine rings is 1. The van der Waals surface area contributed by atoms with Crippen LogP contribution in [0.3, 0.4) is 0 Å². The molecule has 6 nitrogen and oxygen atoms in total. The Balaban J connectivity index is 1.63. The summed E-state index contributed by atoms with van der Waals surface area (Å²) in [7, 11) is -3.88. The molecule has 0 atom stereocenters. The van der Waals surface area contributed by atoms with E-state index in [0.29, 0.717) is 18.0 Å². The fourth-order valence-corrected chi connectivity index (χ4v) is 4.97. The van der Waals surface area contributed by atoms with Gasteiger partial charge in [0.25, 0.3) is 0 Å². The lowest BCUT2D eigenvalue weighted by Crippen LogP contribution is -2.41. The monoisotopic (exact) mass is 383 g/mol. The predicted octanol–water partition coefficient (Wildman–Crippen LogP) is 2.63. The molecular formula is C16H18FN3O3S2. The number of hydrogen-bond acceptors (Lipinski definition) is 5. The zero-order chi connectivity index (χ0) is 18.0. The van der Waals surface area contributed by atoms with Crippen molar-refractivity contribution in [2.75, 3.05) is 18.4 Å². The number of amides is 1. The van der Waals surface area contributed by atoms with E-state index in [0.717, 1.165) is 10.9 Å². The molecule has 0 radical (unpaired) electrons. The van der Waals surface area contributed by atoms with E-state index in [1.807, 2.05) is 6.92 Å². The van der Waals surface area contributed by atoms with Gasteiger partial charge in [-0.25, -0.2) is 17.8 Å². The summed E-state index contributed by atoms with van der Waals surface area (Å²) in [6.07, 6.45) is 2.47. The minimum absolute atomic E-state index is 0.155. The third-order valence-electron chi connectivity index (χ3n) is 4.13. The molecule has 2 heterocycles. The molecule has 0 aliphatic carbocycles. The van der Waals surface area contributed by atoms with E-state index in [2.05, 4.69) is 10.3 Å². The second kappa shape index (κ2) is 7.19. The number of carbonyl (C=O) groups excluding carboxylic acids is 1. The van der Waals surface area contributed by atoms with Gasteiger partial charge >= 0.3 is 0 Å². The van der Waals surface area contributed by atoms with Crippen LogP contribution in [0.15, 0.2) is 35.4 Å². The molecule has 1 amide bonds. The molecule has 0 unspecified atom stereocenters. The van der Waals surface area contributed by atoms with Crippen LogP contribution in [0.5, 0.6) is 0 Å². The van der Waals surface area contributed by atoms with Crippen LogP contribution < -0.4 is 5.32 Å². The summed E-state index contributed by atoms with van der Waals surface area (Å²) in [4.78, 5) is 17.1. The maximum atomic E-state index is 13.8. The van der Waals surface area contributed by atoms with Gasteiger partial charge in [0, 0.05) is 30.1 Å². The molecule has 1 saturated heterocycles. The molecule has 1 N–H and O–H groups in total. The first-order chi connectivity index (χ1) is 11.9. The average Bonchev–Trinajstić information content (AvgIpc) is 3.00. The van der Waals surface area contributed by atoms with Gasteiger partial charge in [0.2, 0.25) is 15.9 Å². The van der Waals surface area contributed by atoms with Crippen LogP contribution in [0.4, 0.5) is 9.52 Å². The highest BCUT2D eigenvalue weighted by Crippen LogP contribution is 2.26. The van der Waals surface area contributed by atoms with Crippen molar-refractivity contribution in [2.45, 2.75) is 24.7 Å². The number of benzene rings is 1. The van der Waals surface area contributed by atoms with Crippen LogP contribution in [-0.2, 0) is 14.8 Å². The largest absolute Gasteiger partial charge is 0.302 e. The molecule has 1 aromatic heterocycles. The highest BCUT2D eigenvalue weighted by Gasteiger charge is 2.33. The SMILES string of the molecule is Cc1cnc(NC(=O)C2CCN(S(=O)(=O)c3ccccc3F)CC2)s1. The van der Waals surface area contributed by atoms with Gasteiger partial charge in [-0.1, -0.05) is 12.1 Å². The molecule has 2 aromatic rings. The fraction of sp³-hybridized carbons (Fsp3) is 0.375. The number of halogens is 1. The van der Waals surface area contributed by atoms with Crippen LogP contribution >= 0.6 is 11.3 Å². The predicted molar refractivity (Wildman–Crippen MR) is 93.4 cm³/mol. The first kappa shape index (κ1) is 18.0. The summed E-state index contributed by atoms with van der Waals surface area (Å²) < 4.78 is 40.2.